The minimum atomic E-state index is 0.430. The summed E-state index contributed by atoms with van der Waals surface area (Å²) in [6.07, 6.45) is 10.0. The molecule has 1 aliphatic carbocycles. The number of piperidine rings is 1. The van der Waals surface area contributed by atoms with Crippen LogP contribution in [-0.2, 0) is 11.8 Å². The fraction of sp³-hybridized carbons (Fsp3) is 0.370. The normalized spacial score (nSPS) is 17.0. The van der Waals surface area contributed by atoms with Gasteiger partial charge in [0.15, 0.2) is 0 Å². The number of fused-ring (bicyclic) bond motifs is 1. The minimum absolute atomic E-state index is 0.430. The van der Waals surface area contributed by atoms with E-state index in [-0.39, 0.29) is 0 Å². The molecule has 2 aromatic carbocycles. The molecule has 3 aromatic rings. The van der Waals surface area contributed by atoms with Gasteiger partial charge < -0.3 is 4.90 Å². The smallest absolute Gasteiger partial charge is 0.119 e. The van der Waals surface area contributed by atoms with E-state index in [9.17, 15) is 10.5 Å². The molecule has 5 heteroatoms. The number of nitriles is 2. The monoisotopic (exact) mass is 439 g/mol. The molecule has 0 N–H and O–H groups in total. The SMILES string of the molecule is N#Cc1cncc(C#N)c1-c1ccc2cc(N3CCC([SH+]CC4CCC4)CC3)ccc2c1. The van der Waals surface area contributed by atoms with Gasteiger partial charge in [-0.2, -0.15) is 10.5 Å². The number of aromatic nitrogens is 1. The Labute approximate surface area is 193 Å². The Bertz CT molecular complexity index is 1180. The number of hydrogen-bond acceptors (Lipinski definition) is 4. The predicted octanol–water partition coefficient (Wildman–Crippen LogP) is 5.23. The van der Waals surface area contributed by atoms with Crippen molar-refractivity contribution in [3.8, 4) is 23.3 Å². The number of benzene rings is 2. The lowest BCUT2D eigenvalue weighted by Gasteiger charge is -2.32. The third-order valence-electron chi connectivity index (χ3n) is 6.98. The zero-order valence-corrected chi connectivity index (χ0v) is 19.1. The number of hydrogen-bond donors (Lipinski definition) is 0. The molecule has 0 unspecified atom stereocenters. The zero-order valence-electron chi connectivity index (χ0n) is 18.2. The van der Waals surface area contributed by atoms with E-state index in [1.807, 2.05) is 6.07 Å². The molecule has 0 spiro atoms. The maximum atomic E-state index is 9.48. The first-order valence-corrected chi connectivity index (χ1v) is 12.6. The number of nitrogens with zero attached hydrogens (tertiary/aromatic N) is 4. The second kappa shape index (κ2) is 9.23. The lowest BCUT2D eigenvalue weighted by molar-refractivity contribution is 0.352. The highest BCUT2D eigenvalue weighted by Gasteiger charge is 2.28. The first-order chi connectivity index (χ1) is 15.7. The average molecular weight is 440 g/mol. The molecule has 1 aliphatic heterocycles. The molecule has 1 saturated carbocycles. The highest BCUT2D eigenvalue weighted by atomic mass is 32.2. The van der Waals surface area contributed by atoms with Crippen molar-refractivity contribution in [1.29, 1.82) is 10.5 Å². The molecule has 0 amide bonds. The Morgan fingerprint density at radius 2 is 1.59 bits per heavy atom. The fourth-order valence-electron chi connectivity index (χ4n) is 4.81. The summed E-state index contributed by atoms with van der Waals surface area (Å²) in [4.78, 5) is 6.54. The molecular weight excluding hydrogens is 412 g/mol. The third kappa shape index (κ3) is 4.18. The summed E-state index contributed by atoms with van der Waals surface area (Å²) in [6.45, 7) is 2.28. The second-order valence-electron chi connectivity index (χ2n) is 8.96. The first kappa shape index (κ1) is 20.9. The van der Waals surface area contributed by atoms with Crippen molar-refractivity contribution < 1.29 is 0 Å². The van der Waals surface area contributed by atoms with Crippen LogP contribution in [0.1, 0.15) is 43.2 Å². The van der Waals surface area contributed by atoms with Crippen LogP contribution in [0.3, 0.4) is 0 Å². The van der Waals surface area contributed by atoms with Crippen LogP contribution in [0.25, 0.3) is 21.9 Å². The first-order valence-electron chi connectivity index (χ1n) is 11.5. The second-order valence-corrected chi connectivity index (χ2v) is 10.4. The van der Waals surface area contributed by atoms with Gasteiger partial charge in [0.2, 0.25) is 0 Å². The summed E-state index contributed by atoms with van der Waals surface area (Å²) in [5.41, 5.74) is 3.70. The van der Waals surface area contributed by atoms with Gasteiger partial charge in [-0.3, -0.25) is 4.98 Å². The van der Waals surface area contributed by atoms with Crippen LogP contribution in [0.5, 0.6) is 0 Å². The van der Waals surface area contributed by atoms with Crippen molar-refractivity contribution in [2.75, 3.05) is 23.7 Å². The predicted molar refractivity (Wildman–Crippen MR) is 133 cm³/mol. The van der Waals surface area contributed by atoms with E-state index >= 15 is 0 Å². The molecule has 4 nitrogen and oxygen atoms in total. The summed E-state index contributed by atoms with van der Waals surface area (Å²) >= 11 is 1.68. The third-order valence-corrected chi connectivity index (χ3v) is 8.74. The van der Waals surface area contributed by atoms with Gasteiger partial charge in [-0.15, -0.1) is 0 Å². The van der Waals surface area contributed by atoms with Gasteiger partial charge in [0.1, 0.15) is 23.1 Å². The van der Waals surface area contributed by atoms with Gasteiger partial charge in [-0.1, -0.05) is 24.6 Å². The average Bonchev–Trinajstić information content (AvgIpc) is 2.82. The van der Waals surface area contributed by atoms with Crippen molar-refractivity contribution >= 4 is 28.2 Å². The molecule has 160 valence electrons. The van der Waals surface area contributed by atoms with E-state index in [1.165, 1.54) is 61.3 Å². The Balaban J connectivity index is 1.32. The van der Waals surface area contributed by atoms with Crippen LogP contribution in [-0.4, -0.2) is 29.1 Å². The molecule has 0 atom stereocenters. The highest BCUT2D eigenvalue weighted by molar-refractivity contribution is 7.79. The quantitative estimate of drug-likeness (QED) is 0.403. The van der Waals surface area contributed by atoms with E-state index in [1.54, 1.807) is 11.8 Å². The Hall–Kier alpha value is -3.02. The van der Waals surface area contributed by atoms with Crippen molar-refractivity contribution in [2.24, 2.45) is 5.92 Å². The number of pyridine rings is 1. The molecule has 5 rings (SSSR count). The molecule has 1 saturated heterocycles. The fourth-order valence-corrected chi connectivity index (χ4v) is 6.36. The largest absolute Gasteiger partial charge is 0.371 e. The van der Waals surface area contributed by atoms with Gasteiger partial charge in [0, 0.05) is 55.5 Å². The summed E-state index contributed by atoms with van der Waals surface area (Å²) in [5.74, 6) is 2.43. The Kier molecular flexibility index (Phi) is 6.02. The van der Waals surface area contributed by atoms with E-state index in [2.05, 4.69) is 52.4 Å². The molecule has 1 aromatic heterocycles. The van der Waals surface area contributed by atoms with Crippen LogP contribution in [0.2, 0.25) is 0 Å². The summed E-state index contributed by atoms with van der Waals surface area (Å²) in [6, 6.07) is 17.2. The Morgan fingerprint density at radius 3 is 2.25 bits per heavy atom. The maximum absolute atomic E-state index is 9.48. The zero-order chi connectivity index (χ0) is 21.9. The van der Waals surface area contributed by atoms with Crippen molar-refractivity contribution in [3.05, 3.63) is 59.9 Å². The molecular formula is C27H27N4S+. The van der Waals surface area contributed by atoms with Crippen molar-refractivity contribution in [3.63, 3.8) is 0 Å². The summed E-state index contributed by atoms with van der Waals surface area (Å²) in [5, 5.41) is 22.1. The topological polar surface area (TPSA) is 63.7 Å². The van der Waals surface area contributed by atoms with Gasteiger partial charge in [-0.05, 0) is 59.1 Å². The summed E-state index contributed by atoms with van der Waals surface area (Å²) in [7, 11) is 0. The molecule has 2 fully saturated rings. The lowest BCUT2D eigenvalue weighted by atomic mass is 9.87. The number of anilines is 1. The van der Waals surface area contributed by atoms with E-state index in [0.717, 1.165) is 35.2 Å². The van der Waals surface area contributed by atoms with Gasteiger partial charge in [0.05, 0.1) is 11.1 Å². The van der Waals surface area contributed by atoms with Crippen molar-refractivity contribution in [1.82, 2.24) is 4.98 Å². The van der Waals surface area contributed by atoms with Crippen LogP contribution >= 0.6 is 0 Å². The van der Waals surface area contributed by atoms with Gasteiger partial charge in [-0.25, -0.2) is 0 Å². The van der Waals surface area contributed by atoms with Crippen LogP contribution < -0.4 is 4.90 Å². The van der Waals surface area contributed by atoms with Crippen LogP contribution in [0, 0.1) is 28.6 Å². The standard InChI is InChI=1S/C27H26N4S/c28-14-23-16-30-17-24(15-29)27(23)22-5-4-21-13-25(7-6-20(21)12-22)31-10-8-26(9-11-31)32-18-19-2-1-3-19/h4-7,12-13,16-17,19,26H,1-3,8-11,18H2/p+1. The molecule has 32 heavy (non-hydrogen) atoms. The van der Waals surface area contributed by atoms with E-state index in [0.29, 0.717) is 16.7 Å². The van der Waals surface area contributed by atoms with Gasteiger partial charge in [0.25, 0.3) is 0 Å². The molecule has 0 bridgehead atoms. The maximum Gasteiger partial charge on any atom is 0.119 e. The van der Waals surface area contributed by atoms with Crippen LogP contribution in [0.15, 0.2) is 48.8 Å². The highest BCUT2D eigenvalue weighted by Crippen LogP contribution is 2.32. The molecule has 2 heterocycles. The number of thiol groups is 1. The summed E-state index contributed by atoms with van der Waals surface area (Å²) < 4.78 is 0. The van der Waals surface area contributed by atoms with E-state index < -0.39 is 0 Å². The molecule has 2 aliphatic rings. The molecule has 0 radical (unpaired) electrons. The van der Waals surface area contributed by atoms with Gasteiger partial charge >= 0.3 is 0 Å². The lowest BCUT2D eigenvalue weighted by Crippen LogP contribution is -2.37. The van der Waals surface area contributed by atoms with Crippen LogP contribution in [0.4, 0.5) is 5.69 Å². The van der Waals surface area contributed by atoms with Crippen molar-refractivity contribution in [2.45, 2.75) is 37.4 Å². The van der Waals surface area contributed by atoms with E-state index in [4.69, 9.17) is 0 Å². The minimum Gasteiger partial charge on any atom is -0.371 e. The number of rotatable bonds is 5. The Morgan fingerprint density at radius 1 is 0.906 bits per heavy atom.